The van der Waals surface area contributed by atoms with E-state index in [2.05, 4.69) is 114 Å². The van der Waals surface area contributed by atoms with E-state index in [9.17, 15) is 0 Å². The summed E-state index contributed by atoms with van der Waals surface area (Å²) in [7, 11) is 0. The molecule has 0 spiro atoms. The summed E-state index contributed by atoms with van der Waals surface area (Å²) in [4.78, 5) is 0. The zero-order chi connectivity index (χ0) is 17.5. The van der Waals surface area contributed by atoms with E-state index in [1.807, 2.05) is 11.3 Å². The Morgan fingerprint density at radius 2 is 1.04 bits per heavy atom. The van der Waals surface area contributed by atoms with E-state index in [1.165, 1.54) is 46.0 Å². The zero-order valence-corrected chi connectivity index (χ0v) is 16.9. The van der Waals surface area contributed by atoms with Gasteiger partial charge in [0, 0.05) is 23.7 Å². The largest absolute Gasteiger partial charge is 0.135 e. The number of rotatable bonds is 2. The molecule has 0 bridgehead atoms. The predicted octanol–water partition coefficient (Wildman–Crippen LogP) is 7.99. The van der Waals surface area contributed by atoms with E-state index in [1.54, 1.807) is 0 Å². The van der Waals surface area contributed by atoms with Crippen LogP contribution < -0.4 is 0 Å². The van der Waals surface area contributed by atoms with Gasteiger partial charge in [-0.3, -0.25) is 0 Å². The van der Waals surface area contributed by atoms with Crippen molar-refractivity contribution in [2.75, 3.05) is 0 Å². The van der Waals surface area contributed by atoms with Crippen molar-refractivity contribution in [2.45, 2.75) is 0 Å². The van der Waals surface area contributed by atoms with Crippen molar-refractivity contribution in [1.29, 1.82) is 0 Å². The number of thiophene rings is 1. The minimum atomic E-state index is 1.26. The molecule has 0 N–H and O–H groups in total. The Morgan fingerprint density at radius 1 is 0.500 bits per heavy atom. The molecule has 0 aliphatic carbocycles. The standard InChI is InChI=1S/C24H15IS/c25-20-12-9-17(10-13-20)16-5-7-18(8-6-16)19-11-14-24-22(15-19)21-3-1-2-4-23(21)26-24/h1-15H. The molecule has 0 nitrogen and oxygen atoms in total. The van der Waals surface area contributed by atoms with Crippen molar-refractivity contribution in [3.05, 3.63) is 94.6 Å². The highest BCUT2D eigenvalue weighted by Gasteiger charge is 2.07. The minimum absolute atomic E-state index is 1.26. The molecule has 0 saturated carbocycles. The Labute approximate surface area is 170 Å². The SMILES string of the molecule is Ic1ccc(-c2ccc(-c3ccc4sc5ccccc5c4c3)cc2)cc1. The molecule has 1 heterocycles. The second-order valence-electron chi connectivity index (χ2n) is 6.39. The van der Waals surface area contributed by atoms with Crippen LogP contribution in [-0.4, -0.2) is 0 Å². The maximum atomic E-state index is 2.34. The summed E-state index contributed by atoms with van der Waals surface area (Å²) in [6.45, 7) is 0. The molecule has 26 heavy (non-hydrogen) atoms. The number of benzene rings is 4. The van der Waals surface area contributed by atoms with Gasteiger partial charge in [-0.05, 0) is 75.2 Å². The lowest BCUT2D eigenvalue weighted by atomic mass is 9.99. The van der Waals surface area contributed by atoms with Crippen LogP contribution in [0.2, 0.25) is 0 Å². The maximum absolute atomic E-state index is 2.34. The molecule has 124 valence electrons. The highest BCUT2D eigenvalue weighted by molar-refractivity contribution is 14.1. The van der Waals surface area contributed by atoms with Crippen molar-refractivity contribution in [2.24, 2.45) is 0 Å². The molecule has 4 aromatic carbocycles. The molecule has 1 aromatic heterocycles. The lowest BCUT2D eigenvalue weighted by Crippen LogP contribution is -1.81. The summed E-state index contributed by atoms with van der Waals surface area (Å²) in [6, 6.07) is 33.0. The maximum Gasteiger partial charge on any atom is 0.0355 e. The monoisotopic (exact) mass is 462 g/mol. The average Bonchev–Trinajstić information content (AvgIpc) is 3.07. The lowest BCUT2D eigenvalue weighted by Gasteiger charge is -2.06. The van der Waals surface area contributed by atoms with Gasteiger partial charge in [0.15, 0.2) is 0 Å². The molecule has 0 amide bonds. The quantitative estimate of drug-likeness (QED) is 0.233. The molecule has 0 aliphatic heterocycles. The first kappa shape index (κ1) is 16.0. The summed E-state index contributed by atoms with van der Waals surface area (Å²) >= 11 is 4.21. The van der Waals surface area contributed by atoms with Crippen LogP contribution in [0.25, 0.3) is 42.4 Å². The first-order chi connectivity index (χ1) is 12.8. The smallest absolute Gasteiger partial charge is 0.0355 e. The van der Waals surface area contributed by atoms with Gasteiger partial charge in [-0.2, -0.15) is 0 Å². The normalized spacial score (nSPS) is 11.3. The molecular weight excluding hydrogens is 447 g/mol. The van der Waals surface area contributed by atoms with Gasteiger partial charge < -0.3 is 0 Å². The first-order valence-electron chi connectivity index (χ1n) is 8.56. The molecular formula is C24H15IS. The molecule has 0 fully saturated rings. The third kappa shape index (κ3) is 2.83. The van der Waals surface area contributed by atoms with Gasteiger partial charge >= 0.3 is 0 Å². The molecule has 0 saturated heterocycles. The van der Waals surface area contributed by atoms with Crippen molar-refractivity contribution in [3.63, 3.8) is 0 Å². The summed E-state index contributed by atoms with van der Waals surface area (Å²) < 4.78 is 3.97. The number of hydrogen-bond donors (Lipinski definition) is 0. The van der Waals surface area contributed by atoms with E-state index in [4.69, 9.17) is 0 Å². The van der Waals surface area contributed by atoms with E-state index in [0.717, 1.165) is 0 Å². The van der Waals surface area contributed by atoms with Gasteiger partial charge in [-0.25, -0.2) is 0 Å². The predicted molar refractivity (Wildman–Crippen MR) is 123 cm³/mol. The summed E-state index contributed by atoms with van der Waals surface area (Å²) in [5.41, 5.74) is 5.05. The van der Waals surface area contributed by atoms with Crippen molar-refractivity contribution in [3.8, 4) is 22.3 Å². The Hall–Kier alpha value is -2.17. The van der Waals surface area contributed by atoms with Crippen LogP contribution in [0.15, 0.2) is 91.0 Å². The fourth-order valence-corrected chi connectivity index (χ4v) is 4.85. The van der Waals surface area contributed by atoms with Gasteiger partial charge in [-0.1, -0.05) is 60.7 Å². The van der Waals surface area contributed by atoms with Crippen LogP contribution in [0.5, 0.6) is 0 Å². The van der Waals surface area contributed by atoms with E-state index in [-0.39, 0.29) is 0 Å². The summed E-state index contributed by atoms with van der Waals surface area (Å²) in [6.07, 6.45) is 0. The van der Waals surface area contributed by atoms with Crippen molar-refractivity contribution < 1.29 is 0 Å². The van der Waals surface area contributed by atoms with Gasteiger partial charge in [-0.15, -0.1) is 11.3 Å². The minimum Gasteiger partial charge on any atom is -0.135 e. The second-order valence-corrected chi connectivity index (χ2v) is 8.72. The van der Waals surface area contributed by atoms with E-state index >= 15 is 0 Å². The van der Waals surface area contributed by atoms with Gasteiger partial charge in [0.1, 0.15) is 0 Å². The third-order valence-electron chi connectivity index (χ3n) is 4.77. The topological polar surface area (TPSA) is 0 Å². The van der Waals surface area contributed by atoms with Crippen molar-refractivity contribution >= 4 is 54.1 Å². The molecule has 5 rings (SSSR count). The molecule has 0 radical (unpaired) electrons. The lowest BCUT2D eigenvalue weighted by molar-refractivity contribution is 1.58. The van der Waals surface area contributed by atoms with Crippen LogP contribution >= 0.6 is 33.9 Å². The number of fused-ring (bicyclic) bond motifs is 3. The van der Waals surface area contributed by atoms with Crippen LogP contribution in [-0.2, 0) is 0 Å². The Morgan fingerprint density at radius 3 is 1.77 bits per heavy atom. The molecule has 0 unspecified atom stereocenters. The van der Waals surface area contributed by atoms with Gasteiger partial charge in [0.05, 0.1) is 0 Å². The second kappa shape index (κ2) is 6.53. The zero-order valence-electron chi connectivity index (χ0n) is 13.9. The summed E-state index contributed by atoms with van der Waals surface area (Å²) in [5, 5.41) is 2.70. The van der Waals surface area contributed by atoms with Crippen LogP contribution in [0.3, 0.4) is 0 Å². The Bertz CT molecular complexity index is 1220. The Kier molecular flexibility index (Phi) is 4.03. The number of hydrogen-bond acceptors (Lipinski definition) is 1. The fraction of sp³-hybridized carbons (Fsp3) is 0. The van der Waals surface area contributed by atoms with E-state index in [0.29, 0.717) is 0 Å². The third-order valence-corrected chi connectivity index (χ3v) is 6.64. The summed E-state index contributed by atoms with van der Waals surface area (Å²) in [5.74, 6) is 0. The van der Waals surface area contributed by atoms with Crippen LogP contribution in [0.1, 0.15) is 0 Å². The van der Waals surface area contributed by atoms with Crippen molar-refractivity contribution in [1.82, 2.24) is 0 Å². The molecule has 5 aromatic rings. The molecule has 0 atom stereocenters. The van der Waals surface area contributed by atoms with Gasteiger partial charge in [0.25, 0.3) is 0 Å². The van der Waals surface area contributed by atoms with Crippen LogP contribution in [0, 0.1) is 3.57 Å². The number of halogens is 1. The molecule has 0 aliphatic rings. The first-order valence-corrected chi connectivity index (χ1v) is 10.5. The van der Waals surface area contributed by atoms with Gasteiger partial charge in [0.2, 0.25) is 0 Å². The highest BCUT2D eigenvalue weighted by atomic mass is 127. The highest BCUT2D eigenvalue weighted by Crippen LogP contribution is 2.36. The molecule has 2 heteroatoms. The Balaban J connectivity index is 1.56. The average molecular weight is 462 g/mol. The fourth-order valence-electron chi connectivity index (χ4n) is 3.40. The van der Waals surface area contributed by atoms with Crippen LogP contribution in [0.4, 0.5) is 0 Å². The van der Waals surface area contributed by atoms with E-state index < -0.39 is 0 Å².